The van der Waals surface area contributed by atoms with Crippen LogP contribution in [0.25, 0.3) is 0 Å². The zero-order chi connectivity index (χ0) is 17.3. The van der Waals surface area contributed by atoms with Gasteiger partial charge in [-0.2, -0.15) is 0 Å². The average molecular weight is 431 g/mol. The number of carbonyl (C=O) groups is 2. The topological polar surface area (TPSA) is 66.6 Å². The predicted molar refractivity (Wildman–Crippen MR) is 105 cm³/mol. The van der Waals surface area contributed by atoms with E-state index in [9.17, 15) is 9.59 Å². The van der Waals surface area contributed by atoms with Gasteiger partial charge >= 0.3 is 0 Å². The third-order valence-corrected chi connectivity index (χ3v) is 5.80. The number of hydrogen-bond acceptors (Lipinski definition) is 3. The van der Waals surface area contributed by atoms with Crippen LogP contribution < -0.4 is 10.6 Å². The van der Waals surface area contributed by atoms with Crippen LogP contribution in [0.1, 0.15) is 26.2 Å². The molecule has 2 aliphatic heterocycles. The van der Waals surface area contributed by atoms with Crippen LogP contribution in [0.2, 0.25) is 0 Å². The van der Waals surface area contributed by atoms with Gasteiger partial charge in [-0.1, -0.05) is 12.1 Å². The van der Waals surface area contributed by atoms with Crippen LogP contribution in [0, 0.1) is 11.8 Å². The molecule has 25 heavy (non-hydrogen) atoms. The maximum atomic E-state index is 12.9. The maximum Gasteiger partial charge on any atom is 0.228 e. The molecular weight excluding hydrogens is 406 g/mol. The highest BCUT2D eigenvalue weighted by atomic mass is 79.9. The molecule has 0 radical (unpaired) electrons. The first kappa shape index (κ1) is 20.2. The van der Waals surface area contributed by atoms with E-state index in [0.29, 0.717) is 18.9 Å². The van der Waals surface area contributed by atoms with Gasteiger partial charge in [-0.25, -0.2) is 0 Å². The fourth-order valence-electron chi connectivity index (χ4n) is 3.67. The summed E-state index contributed by atoms with van der Waals surface area (Å²) in [7, 11) is 0. The first-order valence-corrected chi connectivity index (χ1v) is 9.36. The lowest BCUT2D eigenvalue weighted by atomic mass is 9.91. The molecule has 1 aromatic rings. The molecule has 0 aromatic heterocycles. The summed E-state index contributed by atoms with van der Waals surface area (Å²) in [5.41, 5.74) is 6.85. The average Bonchev–Trinajstić information content (AvgIpc) is 2.96. The first-order valence-electron chi connectivity index (χ1n) is 8.56. The molecule has 0 saturated carbocycles. The van der Waals surface area contributed by atoms with Crippen molar-refractivity contribution in [2.24, 2.45) is 17.6 Å². The van der Waals surface area contributed by atoms with Gasteiger partial charge in [0.15, 0.2) is 0 Å². The summed E-state index contributed by atoms with van der Waals surface area (Å²) in [6, 6.07) is 7.74. The van der Waals surface area contributed by atoms with Crippen molar-refractivity contribution in [3.8, 4) is 0 Å². The zero-order valence-corrected chi connectivity index (χ0v) is 16.8. The van der Waals surface area contributed by atoms with E-state index in [0.717, 1.165) is 36.1 Å². The number of benzene rings is 1. The summed E-state index contributed by atoms with van der Waals surface area (Å²) in [5.74, 6) is 0.222. The number of likely N-dealkylation sites (tertiary alicyclic amines) is 1. The molecule has 2 saturated heterocycles. The van der Waals surface area contributed by atoms with E-state index in [1.165, 1.54) is 0 Å². The molecule has 2 N–H and O–H groups in total. The van der Waals surface area contributed by atoms with Crippen molar-refractivity contribution >= 4 is 45.8 Å². The zero-order valence-electron chi connectivity index (χ0n) is 14.4. The lowest BCUT2D eigenvalue weighted by Crippen LogP contribution is -2.47. The molecule has 2 amide bonds. The standard InChI is InChI=1S/C18H24BrN3O2.ClH/c1-12(20)13-5-4-8-21(10-13)18(24)14-9-17(23)22(11-14)16-7-3-2-6-15(16)19;/h2-3,6-7,12-14H,4-5,8-11,20H2,1H3;1H. The van der Waals surface area contributed by atoms with Crippen molar-refractivity contribution in [1.29, 1.82) is 0 Å². The highest BCUT2D eigenvalue weighted by Crippen LogP contribution is 2.32. The van der Waals surface area contributed by atoms with Gasteiger partial charge in [0.05, 0.1) is 11.6 Å². The molecule has 5 nitrogen and oxygen atoms in total. The predicted octanol–water partition coefficient (Wildman–Crippen LogP) is 2.81. The normalized spacial score (nSPS) is 24.8. The van der Waals surface area contributed by atoms with Crippen molar-refractivity contribution in [3.63, 3.8) is 0 Å². The molecule has 0 aliphatic carbocycles. The van der Waals surface area contributed by atoms with Gasteiger partial charge in [0.25, 0.3) is 0 Å². The van der Waals surface area contributed by atoms with E-state index < -0.39 is 0 Å². The summed E-state index contributed by atoms with van der Waals surface area (Å²) in [6.07, 6.45) is 2.36. The Morgan fingerprint density at radius 1 is 1.32 bits per heavy atom. The Balaban J connectivity index is 0.00000225. The van der Waals surface area contributed by atoms with E-state index in [-0.39, 0.29) is 36.2 Å². The van der Waals surface area contributed by atoms with E-state index in [1.54, 1.807) is 4.90 Å². The van der Waals surface area contributed by atoms with Crippen molar-refractivity contribution in [2.75, 3.05) is 24.5 Å². The number of amides is 2. The van der Waals surface area contributed by atoms with Crippen LogP contribution in [-0.2, 0) is 9.59 Å². The summed E-state index contributed by atoms with van der Waals surface area (Å²) >= 11 is 3.49. The Hall–Kier alpha value is -1.11. The molecule has 0 bridgehead atoms. The van der Waals surface area contributed by atoms with Gasteiger partial charge in [0.1, 0.15) is 0 Å². The number of rotatable bonds is 3. The molecule has 3 atom stereocenters. The van der Waals surface area contributed by atoms with Gasteiger partial charge in [-0.15, -0.1) is 12.4 Å². The highest BCUT2D eigenvalue weighted by molar-refractivity contribution is 9.10. The van der Waals surface area contributed by atoms with E-state index in [1.807, 2.05) is 36.1 Å². The summed E-state index contributed by atoms with van der Waals surface area (Å²) in [4.78, 5) is 28.9. The number of anilines is 1. The van der Waals surface area contributed by atoms with Crippen LogP contribution in [0.15, 0.2) is 28.7 Å². The number of halogens is 2. The number of piperidine rings is 1. The van der Waals surface area contributed by atoms with Crippen molar-refractivity contribution in [2.45, 2.75) is 32.2 Å². The molecule has 138 valence electrons. The van der Waals surface area contributed by atoms with E-state index in [4.69, 9.17) is 5.73 Å². The van der Waals surface area contributed by atoms with Gasteiger partial charge in [-0.3, -0.25) is 9.59 Å². The second-order valence-corrected chi connectivity index (χ2v) is 7.76. The lowest BCUT2D eigenvalue weighted by molar-refractivity contribution is -0.137. The summed E-state index contributed by atoms with van der Waals surface area (Å²) in [5, 5.41) is 0. The molecule has 1 aromatic carbocycles. The lowest BCUT2D eigenvalue weighted by Gasteiger charge is -2.35. The minimum absolute atomic E-state index is 0. The molecule has 7 heteroatoms. The van der Waals surface area contributed by atoms with Gasteiger partial charge < -0.3 is 15.5 Å². The fraction of sp³-hybridized carbons (Fsp3) is 0.556. The van der Waals surface area contributed by atoms with Crippen LogP contribution in [0.5, 0.6) is 0 Å². The molecule has 3 rings (SSSR count). The van der Waals surface area contributed by atoms with Crippen molar-refractivity contribution < 1.29 is 9.59 Å². The Labute approximate surface area is 163 Å². The molecule has 2 fully saturated rings. The van der Waals surface area contributed by atoms with E-state index in [2.05, 4.69) is 15.9 Å². The van der Waals surface area contributed by atoms with Crippen molar-refractivity contribution in [3.05, 3.63) is 28.7 Å². The molecule has 3 unspecified atom stereocenters. The number of nitrogens with zero attached hydrogens (tertiary/aromatic N) is 2. The molecule has 2 aliphatic rings. The van der Waals surface area contributed by atoms with Crippen LogP contribution in [0.4, 0.5) is 5.69 Å². The van der Waals surface area contributed by atoms with Crippen LogP contribution >= 0.6 is 28.3 Å². The Morgan fingerprint density at radius 3 is 2.72 bits per heavy atom. The Morgan fingerprint density at radius 2 is 2.04 bits per heavy atom. The third kappa shape index (κ3) is 4.36. The first-order chi connectivity index (χ1) is 11.5. The maximum absolute atomic E-state index is 12.9. The Kier molecular flexibility index (Phi) is 6.88. The van der Waals surface area contributed by atoms with Gasteiger partial charge in [-0.05, 0) is 53.7 Å². The minimum Gasteiger partial charge on any atom is -0.342 e. The van der Waals surface area contributed by atoms with Crippen LogP contribution in [-0.4, -0.2) is 42.4 Å². The number of hydrogen-bond donors (Lipinski definition) is 1. The third-order valence-electron chi connectivity index (χ3n) is 5.13. The van der Waals surface area contributed by atoms with Gasteiger partial charge in [0.2, 0.25) is 11.8 Å². The summed E-state index contributed by atoms with van der Waals surface area (Å²) in [6.45, 7) is 3.96. The summed E-state index contributed by atoms with van der Waals surface area (Å²) < 4.78 is 0.876. The monoisotopic (exact) mass is 429 g/mol. The largest absolute Gasteiger partial charge is 0.342 e. The SMILES string of the molecule is CC(N)C1CCCN(C(=O)C2CC(=O)N(c3ccccc3Br)C2)C1.Cl. The second-order valence-electron chi connectivity index (χ2n) is 6.90. The second kappa shape index (κ2) is 8.52. The smallest absolute Gasteiger partial charge is 0.228 e. The van der Waals surface area contributed by atoms with E-state index >= 15 is 0 Å². The molecule has 0 spiro atoms. The van der Waals surface area contributed by atoms with Gasteiger partial charge in [0, 0.05) is 36.6 Å². The quantitative estimate of drug-likeness (QED) is 0.802. The van der Waals surface area contributed by atoms with Crippen LogP contribution in [0.3, 0.4) is 0 Å². The Bertz CT molecular complexity index is 641. The fourth-order valence-corrected chi connectivity index (χ4v) is 4.17. The number of para-hydroxylation sites is 1. The number of carbonyl (C=O) groups excluding carboxylic acids is 2. The minimum atomic E-state index is -0.253. The molecule has 2 heterocycles. The highest BCUT2D eigenvalue weighted by Gasteiger charge is 2.39. The van der Waals surface area contributed by atoms with Crippen molar-refractivity contribution in [1.82, 2.24) is 4.90 Å². The molecular formula is C18H25BrClN3O2. The number of nitrogens with two attached hydrogens (primary N) is 1.